The Morgan fingerprint density at radius 1 is 1.50 bits per heavy atom. The van der Waals surface area contributed by atoms with Crippen LogP contribution in [0.5, 0.6) is 5.75 Å². The van der Waals surface area contributed by atoms with Crippen LogP contribution in [0.4, 0.5) is 0 Å². The summed E-state index contributed by atoms with van der Waals surface area (Å²) < 4.78 is 5.50. The van der Waals surface area contributed by atoms with Crippen molar-refractivity contribution in [2.75, 3.05) is 13.2 Å². The molecule has 0 amide bonds. The Kier molecular flexibility index (Phi) is 5.38. The zero-order valence-electron chi connectivity index (χ0n) is 9.52. The molecule has 1 atom stereocenters. The van der Waals surface area contributed by atoms with Gasteiger partial charge in [-0.15, -0.1) is 0 Å². The van der Waals surface area contributed by atoms with Crippen LogP contribution >= 0.6 is 0 Å². The third-order valence-electron chi connectivity index (χ3n) is 2.26. The molecular formula is C13H17NO2. The minimum absolute atomic E-state index is 0.101. The Hall–Kier alpha value is -1.53. The van der Waals surface area contributed by atoms with Crippen molar-refractivity contribution < 1.29 is 9.84 Å². The normalized spacial score (nSPS) is 11.8. The average Bonchev–Trinajstić information content (AvgIpc) is 2.34. The van der Waals surface area contributed by atoms with Gasteiger partial charge in [0.1, 0.15) is 5.75 Å². The minimum Gasteiger partial charge on any atom is -0.494 e. The first-order valence-corrected chi connectivity index (χ1v) is 5.52. The maximum atomic E-state index is 8.94. The molecule has 0 aliphatic carbocycles. The molecule has 0 aliphatic rings. The number of rotatable bonds is 6. The van der Waals surface area contributed by atoms with E-state index in [1.54, 1.807) is 0 Å². The van der Waals surface area contributed by atoms with Gasteiger partial charge in [-0.3, -0.25) is 0 Å². The highest BCUT2D eigenvalue weighted by molar-refractivity contribution is 5.29. The third-order valence-corrected chi connectivity index (χ3v) is 2.26. The van der Waals surface area contributed by atoms with E-state index in [1.165, 1.54) is 0 Å². The van der Waals surface area contributed by atoms with E-state index < -0.39 is 0 Å². The molecule has 16 heavy (non-hydrogen) atoms. The predicted molar refractivity (Wildman–Crippen MR) is 62.1 cm³/mol. The van der Waals surface area contributed by atoms with Crippen molar-refractivity contribution in [3.05, 3.63) is 29.8 Å². The largest absolute Gasteiger partial charge is 0.494 e. The molecule has 0 aromatic heterocycles. The van der Waals surface area contributed by atoms with E-state index in [2.05, 4.69) is 13.0 Å². The van der Waals surface area contributed by atoms with Crippen LogP contribution in [0.2, 0.25) is 0 Å². The van der Waals surface area contributed by atoms with E-state index in [4.69, 9.17) is 15.1 Å². The Labute approximate surface area is 96.3 Å². The molecule has 1 unspecified atom stereocenters. The monoisotopic (exact) mass is 219 g/mol. The fraction of sp³-hybridized carbons (Fsp3) is 0.462. The van der Waals surface area contributed by atoms with Crippen molar-refractivity contribution in [3.8, 4) is 11.8 Å². The molecule has 0 saturated heterocycles. The predicted octanol–water partition coefficient (Wildman–Crippen LogP) is 2.15. The van der Waals surface area contributed by atoms with Crippen LogP contribution in [-0.4, -0.2) is 18.3 Å². The number of aliphatic hydroxyl groups is 1. The summed E-state index contributed by atoms with van der Waals surface area (Å²) in [4.78, 5) is 0. The summed E-state index contributed by atoms with van der Waals surface area (Å²) in [5, 5.41) is 17.7. The lowest BCUT2D eigenvalue weighted by Crippen LogP contribution is -2.06. The summed E-state index contributed by atoms with van der Waals surface area (Å²) in [5.74, 6) is 0.496. The lowest BCUT2D eigenvalue weighted by molar-refractivity contribution is 0.255. The smallest absolute Gasteiger partial charge is 0.119 e. The fourth-order valence-corrected chi connectivity index (χ4v) is 1.42. The number of hydrogen-bond acceptors (Lipinski definition) is 3. The van der Waals surface area contributed by atoms with Crippen LogP contribution < -0.4 is 4.74 Å². The number of benzene rings is 1. The van der Waals surface area contributed by atoms with Crippen LogP contribution in [-0.2, 0) is 6.42 Å². The van der Waals surface area contributed by atoms with E-state index in [9.17, 15) is 0 Å². The number of nitrogens with zero attached hydrogens (tertiary/aromatic N) is 1. The number of aliphatic hydroxyl groups excluding tert-OH is 1. The van der Waals surface area contributed by atoms with Crippen LogP contribution in [0.25, 0.3) is 0 Å². The standard InChI is InChI=1S/C13H17NO2/c1-2-6-16-13-5-3-4-11(8-13)7-12(9-14)10-15/h3-5,8,12,15H,2,6-7,10H2,1H3. The first kappa shape index (κ1) is 12.5. The van der Waals surface area contributed by atoms with Crippen molar-refractivity contribution in [2.45, 2.75) is 19.8 Å². The van der Waals surface area contributed by atoms with Crippen LogP contribution in [0.15, 0.2) is 24.3 Å². The molecule has 0 spiro atoms. The molecule has 1 rings (SSSR count). The Morgan fingerprint density at radius 2 is 2.31 bits per heavy atom. The van der Waals surface area contributed by atoms with Crippen molar-refractivity contribution >= 4 is 0 Å². The number of ether oxygens (including phenoxy) is 1. The SMILES string of the molecule is CCCOc1cccc(CC(C#N)CO)c1. The lowest BCUT2D eigenvalue weighted by atomic mass is 10.0. The zero-order chi connectivity index (χ0) is 11.8. The van der Waals surface area contributed by atoms with Gasteiger partial charge in [-0.25, -0.2) is 0 Å². The summed E-state index contributed by atoms with van der Waals surface area (Å²) in [7, 11) is 0. The summed E-state index contributed by atoms with van der Waals surface area (Å²) in [6.45, 7) is 2.66. The molecule has 3 nitrogen and oxygen atoms in total. The van der Waals surface area contributed by atoms with Gasteiger partial charge >= 0.3 is 0 Å². The fourth-order valence-electron chi connectivity index (χ4n) is 1.42. The molecule has 1 aromatic rings. The molecule has 3 heteroatoms. The first-order chi connectivity index (χ1) is 7.80. The van der Waals surface area contributed by atoms with Gasteiger partial charge in [0.05, 0.1) is 25.2 Å². The molecule has 0 saturated carbocycles. The van der Waals surface area contributed by atoms with Crippen molar-refractivity contribution in [2.24, 2.45) is 5.92 Å². The summed E-state index contributed by atoms with van der Waals surface area (Å²) in [6.07, 6.45) is 1.54. The Morgan fingerprint density at radius 3 is 2.94 bits per heavy atom. The highest BCUT2D eigenvalue weighted by atomic mass is 16.5. The third kappa shape index (κ3) is 3.92. The van der Waals surface area contributed by atoms with Gasteiger partial charge in [-0.2, -0.15) is 5.26 Å². The van der Waals surface area contributed by atoms with Crippen molar-refractivity contribution in [1.29, 1.82) is 5.26 Å². The Bertz CT molecular complexity index is 357. The molecule has 0 radical (unpaired) electrons. The van der Waals surface area contributed by atoms with Gasteiger partial charge in [0.15, 0.2) is 0 Å². The second-order valence-corrected chi connectivity index (χ2v) is 3.71. The molecule has 1 aromatic carbocycles. The van der Waals surface area contributed by atoms with Crippen molar-refractivity contribution in [3.63, 3.8) is 0 Å². The van der Waals surface area contributed by atoms with Gasteiger partial charge in [0, 0.05) is 0 Å². The van der Waals surface area contributed by atoms with Gasteiger partial charge in [-0.1, -0.05) is 19.1 Å². The molecule has 0 aliphatic heterocycles. The summed E-state index contributed by atoms with van der Waals surface area (Å²) >= 11 is 0. The highest BCUT2D eigenvalue weighted by Crippen LogP contribution is 2.16. The van der Waals surface area contributed by atoms with Crippen molar-refractivity contribution in [1.82, 2.24) is 0 Å². The average molecular weight is 219 g/mol. The van der Waals surface area contributed by atoms with Crippen LogP contribution in [0.3, 0.4) is 0 Å². The van der Waals surface area contributed by atoms with E-state index in [0.29, 0.717) is 13.0 Å². The molecule has 0 bridgehead atoms. The van der Waals surface area contributed by atoms with Gasteiger partial charge < -0.3 is 9.84 Å². The highest BCUT2D eigenvalue weighted by Gasteiger charge is 2.07. The summed E-state index contributed by atoms with van der Waals surface area (Å²) in [6, 6.07) is 9.75. The van der Waals surface area contributed by atoms with E-state index in [-0.39, 0.29) is 12.5 Å². The number of nitriles is 1. The van der Waals surface area contributed by atoms with Gasteiger partial charge in [0.2, 0.25) is 0 Å². The minimum atomic E-state index is -0.332. The van der Waals surface area contributed by atoms with Crippen LogP contribution in [0.1, 0.15) is 18.9 Å². The second-order valence-electron chi connectivity index (χ2n) is 3.71. The maximum Gasteiger partial charge on any atom is 0.119 e. The lowest BCUT2D eigenvalue weighted by Gasteiger charge is -2.08. The molecule has 86 valence electrons. The first-order valence-electron chi connectivity index (χ1n) is 5.52. The Balaban J connectivity index is 2.63. The van der Waals surface area contributed by atoms with E-state index in [1.807, 2.05) is 24.3 Å². The van der Waals surface area contributed by atoms with Gasteiger partial charge in [0.25, 0.3) is 0 Å². The quantitative estimate of drug-likeness (QED) is 0.797. The molecule has 1 N–H and O–H groups in total. The number of hydrogen-bond donors (Lipinski definition) is 1. The molecular weight excluding hydrogens is 202 g/mol. The van der Waals surface area contributed by atoms with E-state index in [0.717, 1.165) is 17.7 Å². The maximum absolute atomic E-state index is 8.94. The second kappa shape index (κ2) is 6.86. The van der Waals surface area contributed by atoms with Gasteiger partial charge in [-0.05, 0) is 30.5 Å². The topological polar surface area (TPSA) is 53.2 Å². The van der Waals surface area contributed by atoms with E-state index >= 15 is 0 Å². The summed E-state index contributed by atoms with van der Waals surface area (Å²) in [5.41, 5.74) is 1.02. The zero-order valence-corrected chi connectivity index (χ0v) is 9.52. The molecule has 0 fully saturated rings. The van der Waals surface area contributed by atoms with Crippen LogP contribution in [0, 0.1) is 17.2 Å². The molecule has 0 heterocycles.